The second kappa shape index (κ2) is 20.4. The molecule has 0 aromatic rings. The molecule has 4 heteroatoms. The molecule has 0 spiro atoms. The van der Waals surface area contributed by atoms with Gasteiger partial charge in [0.25, 0.3) is 0 Å². The summed E-state index contributed by atoms with van der Waals surface area (Å²) in [6.07, 6.45) is 20.4. The van der Waals surface area contributed by atoms with E-state index in [9.17, 15) is 9.90 Å². The van der Waals surface area contributed by atoms with Gasteiger partial charge in [-0.3, -0.25) is 0 Å². The van der Waals surface area contributed by atoms with E-state index in [2.05, 4.69) is 35.0 Å². The van der Waals surface area contributed by atoms with Crippen LogP contribution in [-0.4, -0.2) is 10.8 Å². The van der Waals surface area contributed by atoms with Crippen molar-refractivity contribution in [2.45, 2.75) is 95.2 Å². The predicted molar refractivity (Wildman–Crippen MR) is 92.6 cm³/mol. The zero-order chi connectivity index (χ0) is 15.8. The number of alkyl halides is 1. The molecule has 1 atom stereocenters. The van der Waals surface area contributed by atoms with Crippen LogP contribution in [0.15, 0.2) is 12.2 Å². The van der Waals surface area contributed by atoms with Crippen LogP contribution < -0.4 is 56.5 Å². The van der Waals surface area contributed by atoms with Crippen molar-refractivity contribution in [2.24, 2.45) is 0 Å². The Morgan fingerprint density at radius 3 is 1.86 bits per heavy atom. The molecule has 0 aliphatic heterocycles. The first-order valence-corrected chi connectivity index (χ1v) is 9.60. The summed E-state index contributed by atoms with van der Waals surface area (Å²) >= 11 is 3.11. The van der Waals surface area contributed by atoms with Crippen molar-refractivity contribution in [3.63, 3.8) is 0 Å². The van der Waals surface area contributed by atoms with E-state index in [-0.39, 0.29) is 51.4 Å². The van der Waals surface area contributed by atoms with E-state index < -0.39 is 10.8 Å². The van der Waals surface area contributed by atoms with Gasteiger partial charge in [0.05, 0.1) is 10.8 Å². The summed E-state index contributed by atoms with van der Waals surface area (Å²) in [6.45, 7) is 2.25. The Morgan fingerprint density at radius 1 is 0.909 bits per heavy atom. The molecule has 0 N–H and O–H groups in total. The van der Waals surface area contributed by atoms with Crippen LogP contribution in [0.25, 0.3) is 0 Å². The molecule has 0 aliphatic carbocycles. The molecule has 0 bridgehead atoms. The summed E-state index contributed by atoms with van der Waals surface area (Å²) in [4.78, 5) is 10.0. The van der Waals surface area contributed by atoms with E-state index in [0.717, 1.165) is 19.3 Å². The Labute approximate surface area is 188 Å². The van der Waals surface area contributed by atoms with E-state index in [0.29, 0.717) is 6.42 Å². The quantitative estimate of drug-likeness (QED) is 0.183. The maximum atomic E-state index is 10.5. The minimum Gasteiger partial charge on any atom is -0.549 e. The smallest absolute Gasteiger partial charge is 0.549 e. The molecule has 0 heterocycles. The van der Waals surface area contributed by atoms with E-state index in [4.69, 9.17) is 0 Å². The zero-order valence-electron chi connectivity index (χ0n) is 14.6. The van der Waals surface area contributed by atoms with Crippen molar-refractivity contribution in [1.82, 2.24) is 0 Å². The van der Waals surface area contributed by atoms with Gasteiger partial charge in [-0.25, -0.2) is 0 Å². The average Bonchev–Trinajstić information content (AvgIpc) is 2.47. The summed E-state index contributed by atoms with van der Waals surface area (Å²) in [6, 6.07) is 0. The van der Waals surface area contributed by atoms with Crippen LogP contribution in [-0.2, 0) is 4.79 Å². The zero-order valence-corrected chi connectivity index (χ0v) is 19.3. The van der Waals surface area contributed by atoms with Gasteiger partial charge in [0.2, 0.25) is 0 Å². The van der Waals surface area contributed by atoms with Crippen LogP contribution >= 0.6 is 15.9 Å². The van der Waals surface area contributed by atoms with Gasteiger partial charge in [0.1, 0.15) is 0 Å². The van der Waals surface area contributed by atoms with Gasteiger partial charge >= 0.3 is 51.4 Å². The fourth-order valence-electron chi connectivity index (χ4n) is 2.34. The first kappa shape index (κ1) is 25.6. The minimum absolute atomic E-state index is 0. The van der Waals surface area contributed by atoms with Crippen molar-refractivity contribution < 1.29 is 61.3 Å². The van der Waals surface area contributed by atoms with Crippen LogP contribution in [0.2, 0.25) is 0 Å². The Hall–Kier alpha value is 1.33. The maximum absolute atomic E-state index is 10.5. The number of halogens is 1. The minimum atomic E-state index is -0.993. The van der Waals surface area contributed by atoms with Crippen molar-refractivity contribution >= 4 is 21.9 Å². The van der Waals surface area contributed by atoms with E-state index in [1.807, 2.05) is 0 Å². The number of unbranched alkanes of at least 4 members (excludes halogenated alkanes) is 10. The molecule has 0 radical (unpaired) electrons. The maximum Gasteiger partial charge on any atom is 1.00 e. The molecule has 22 heavy (non-hydrogen) atoms. The number of carbonyl (C=O) groups is 1. The van der Waals surface area contributed by atoms with Crippen LogP contribution in [0, 0.1) is 0 Å². The molecular weight excluding hydrogens is 367 g/mol. The average molecular weight is 399 g/mol. The molecule has 0 aromatic heterocycles. The SMILES string of the molecule is CCCCCCCC/C=C\CCCCCCC(Br)C(=O)[O-].[K+]. The molecular formula is C18H32BrKO2. The number of carbonyl (C=O) groups excluding carboxylic acids is 1. The van der Waals surface area contributed by atoms with E-state index >= 15 is 0 Å². The van der Waals surface area contributed by atoms with Crippen LogP contribution in [0.4, 0.5) is 0 Å². The van der Waals surface area contributed by atoms with Crippen molar-refractivity contribution in [3.05, 3.63) is 12.2 Å². The number of hydrogen-bond acceptors (Lipinski definition) is 2. The van der Waals surface area contributed by atoms with Crippen molar-refractivity contribution in [1.29, 1.82) is 0 Å². The first-order chi connectivity index (χ1) is 10.2. The molecule has 124 valence electrons. The van der Waals surface area contributed by atoms with Crippen LogP contribution in [0.3, 0.4) is 0 Å². The predicted octanol–water partition coefficient (Wildman–Crippen LogP) is 2.15. The Kier molecular flexibility index (Phi) is 23.7. The largest absolute Gasteiger partial charge is 1.00 e. The Morgan fingerprint density at radius 2 is 1.36 bits per heavy atom. The number of carboxylic acids is 1. The van der Waals surface area contributed by atoms with Crippen molar-refractivity contribution in [2.75, 3.05) is 0 Å². The fourth-order valence-corrected chi connectivity index (χ4v) is 2.66. The molecule has 2 nitrogen and oxygen atoms in total. The van der Waals surface area contributed by atoms with E-state index in [1.54, 1.807) is 0 Å². The normalized spacial score (nSPS) is 12.3. The Bertz CT molecular complexity index is 270. The third kappa shape index (κ3) is 19.4. The number of aliphatic carboxylic acids is 1. The van der Waals surface area contributed by atoms with Crippen LogP contribution in [0.1, 0.15) is 90.4 Å². The van der Waals surface area contributed by atoms with Crippen molar-refractivity contribution in [3.8, 4) is 0 Å². The summed E-state index contributed by atoms with van der Waals surface area (Å²) in [5.41, 5.74) is 0. The summed E-state index contributed by atoms with van der Waals surface area (Å²) in [5.74, 6) is -0.993. The molecule has 0 aromatic carbocycles. The molecule has 0 fully saturated rings. The topological polar surface area (TPSA) is 40.1 Å². The molecule has 0 amide bonds. The summed E-state index contributed by atoms with van der Waals surface area (Å²) in [5, 5.41) is 10.5. The molecule has 0 saturated carbocycles. The number of carboxylic acid groups (broad SMARTS) is 1. The van der Waals surface area contributed by atoms with Gasteiger partial charge in [0.15, 0.2) is 0 Å². The summed E-state index contributed by atoms with van der Waals surface area (Å²) in [7, 11) is 0. The molecule has 0 saturated heterocycles. The molecule has 0 rings (SSSR count). The van der Waals surface area contributed by atoms with Gasteiger partial charge in [-0.05, 0) is 32.1 Å². The monoisotopic (exact) mass is 398 g/mol. The third-order valence-corrected chi connectivity index (χ3v) is 4.56. The second-order valence-corrected chi connectivity index (χ2v) is 6.91. The summed E-state index contributed by atoms with van der Waals surface area (Å²) < 4.78 is 0. The standard InChI is InChI=1S/C18H33BrO2.K/c1-2-3-4-5-6-7-8-9-10-11-12-13-14-15-16-17(19)18(20)21;/h9-10,17H,2-8,11-16H2,1H3,(H,20,21);/q;+1/p-1/b10-9-;. The van der Waals surface area contributed by atoms with Gasteiger partial charge in [-0.2, -0.15) is 0 Å². The van der Waals surface area contributed by atoms with Gasteiger partial charge in [-0.15, -0.1) is 0 Å². The van der Waals surface area contributed by atoms with E-state index in [1.165, 1.54) is 57.8 Å². The van der Waals surface area contributed by atoms with Gasteiger partial charge in [-0.1, -0.05) is 86.4 Å². The van der Waals surface area contributed by atoms with Crippen LogP contribution in [0.5, 0.6) is 0 Å². The molecule has 0 aliphatic rings. The second-order valence-electron chi connectivity index (χ2n) is 5.81. The Balaban J connectivity index is 0. The first-order valence-electron chi connectivity index (χ1n) is 8.68. The van der Waals surface area contributed by atoms with Gasteiger partial charge < -0.3 is 9.90 Å². The molecule has 1 unspecified atom stereocenters. The number of hydrogen-bond donors (Lipinski definition) is 0. The van der Waals surface area contributed by atoms with Gasteiger partial charge in [0, 0.05) is 0 Å². The number of rotatable bonds is 15. The fraction of sp³-hybridized carbons (Fsp3) is 0.833. The third-order valence-electron chi connectivity index (χ3n) is 3.73. The number of allylic oxidation sites excluding steroid dienone is 2.